The molecule has 102 valence electrons. The van der Waals surface area contributed by atoms with E-state index in [1.807, 2.05) is 0 Å². The van der Waals surface area contributed by atoms with Crippen molar-refractivity contribution in [2.24, 2.45) is 11.8 Å². The molecule has 2 N–H and O–H groups in total. The van der Waals surface area contributed by atoms with Crippen molar-refractivity contribution >= 4 is 11.8 Å². The van der Waals surface area contributed by atoms with Gasteiger partial charge < -0.3 is 10.6 Å². The van der Waals surface area contributed by atoms with E-state index >= 15 is 0 Å². The van der Waals surface area contributed by atoms with E-state index in [0.29, 0.717) is 6.54 Å². The predicted molar refractivity (Wildman–Crippen MR) is 69.9 cm³/mol. The number of amides is 2. The summed E-state index contributed by atoms with van der Waals surface area (Å²) in [4.78, 5) is 23.1. The molecule has 2 aliphatic rings. The van der Waals surface area contributed by atoms with Crippen LogP contribution in [0.5, 0.6) is 0 Å². The minimum atomic E-state index is -0.268. The van der Waals surface area contributed by atoms with Gasteiger partial charge >= 0.3 is 0 Å². The molecule has 0 aromatic heterocycles. The topological polar surface area (TPSA) is 58.2 Å². The van der Waals surface area contributed by atoms with Crippen molar-refractivity contribution in [1.29, 1.82) is 0 Å². The Balaban J connectivity index is 1.68. The van der Waals surface area contributed by atoms with E-state index in [1.54, 1.807) is 0 Å². The molecule has 1 unspecified atom stereocenters. The molecule has 2 amide bonds. The Morgan fingerprint density at radius 3 is 2.56 bits per heavy atom. The molecular formula is C14H24N2O2. The molecule has 1 heterocycles. The third-order valence-corrected chi connectivity index (χ3v) is 4.30. The first-order valence-corrected chi connectivity index (χ1v) is 7.28. The lowest BCUT2D eigenvalue weighted by atomic mass is 9.79. The van der Waals surface area contributed by atoms with Crippen LogP contribution in [0.1, 0.15) is 51.9 Å². The molecule has 0 aromatic rings. The van der Waals surface area contributed by atoms with E-state index in [9.17, 15) is 9.59 Å². The predicted octanol–water partition coefficient (Wildman–Crippen LogP) is 1.60. The number of carbonyl (C=O) groups excluding carboxylic acids is 2. The number of unbranched alkanes of at least 4 members (excludes halogenated alkanes) is 1. The van der Waals surface area contributed by atoms with Gasteiger partial charge in [-0.25, -0.2) is 0 Å². The largest absolute Gasteiger partial charge is 0.352 e. The van der Waals surface area contributed by atoms with Crippen molar-refractivity contribution in [3.05, 3.63) is 0 Å². The monoisotopic (exact) mass is 252 g/mol. The quantitative estimate of drug-likeness (QED) is 0.730. The molecular weight excluding hydrogens is 228 g/mol. The van der Waals surface area contributed by atoms with Crippen LogP contribution in [0.15, 0.2) is 0 Å². The summed E-state index contributed by atoms with van der Waals surface area (Å²) in [5.41, 5.74) is 0. The second-order valence-corrected chi connectivity index (χ2v) is 5.67. The van der Waals surface area contributed by atoms with Gasteiger partial charge in [0.15, 0.2) is 0 Å². The normalized spacial score (nSPS) is 31.4. The van der Waals surface area contributed by atoms with Crippen LogP contribution in [-0.4, -0.2) is 24.4 Å². The Bertz CT molecular complexity index is 309. The lowest BCUT2D eigenvalue weighted by Gasteiger charge is -2.31. The molecule has 0 spiro atoms. The summed E-state index contributed by atoms with van der Waals surface area (Å²) in [6.07, 6.45) is 8.23. The highest BCUT2D eigenvalue weighted by molar-refractivity contribution is 5.92. The molecule has 0 bridgehead atoms. The molecule has 4 nitrogen and oxygen atoms in total. The standard InChI is InChI=1S/C14H24N2O2/c1-2-3-4-10-5-7-11(8-6-10)13(17)16-12-9-15-14(12)18/h10-12H,2-9H2,1H3,(H,15,18)(H,16,17). The fraction of sp³-hybridized carbons (Fsp3) is 0.857. The van der Waals surface area contributed by atoms with E-state index in [0.717, 1.165) is 18.8 Å². The fourth-order valence-electron chi connectivity index (χ4n) is 2.90. The second-order valence-electron chi connectivity index (χ2n) is 5.67. The van der Waals surface area contributed by atoms with Gasteiger partial charge in [0.25, 0.3) is 0 Å². The average Bonchev–Trinajstić information content (AvgIpc) is 2.41. The van der Waals surface area contributed by atoms with Crippen LogP contribution in [-0.2, 0) is 9.59 Å². The van der Waals surface area contributed by atoms with Gasteiger partial charge in [0.1, 0.15) is 6.04 Å². The second kappa shape index (κ2) is 6.21. The number of nitrogens with one attached hydrogen (secondary N) is 2. The number of β-lactam (4-membered cyclic amide) rings is 1. The Kier molecular flexibility index (Phi) is 4.61. The Hall–Kier alpha value is -1.06. The Labute approximate surface area is 109 Å². The van der Waals surface area contributed by atoms with Crippen LogP contribution in [0.4, 0.5) is 0 Å². The van der Waals surface area contributed by atoms with Crippen LogP contribution in [0.2, 0.25) is 0 Å². The van der Waals surface area contributed by atoms with Gasteiger partial charge in [0, 0.05) is 12.5 Å². The molecule has 18 heavy (non-hydrogen) atoms. The smallest absolute Gasteiger partial charge is 0.244 e. The number of hydrogen-bond acceptors (Lipinski definition) is 2. The molecule has 1 saturated carbocycles. The minimum absolute atomic E-state index is 0.0417. The molecule has 1 aliphatic carbocycles. The van der Waals surface area contributed by atoms with E-state index in [2.05, 4.69) is 17.6 Å². The molecule has 2 rings (SSSR count). The highest BCUT2D eigenvalue weighted by Crippen LogP contribution is 2.32. The third kappa shape index (κ3) is 3.24. The van der Waals surface area contributed by atoms with Crippen molar-refractivity contribution in [1.82, 2.24) is 10.6 Å². The molecule has 0 aromatic carbocycles. The first-order chi connectivity index (χ1) is 8.70. The molecule has 2 fully saturated rings. The van der Waals surface area contributed by atoms with E-state index in [4.69, 9.17) is 0 Å². The number of carbonyl (C=O) groups is 2. The average molecular weight is 252 g/mol. The maximum absolute atomic E-state index is 12.0. The van der Waals surface area contributed by atoms with Gasteiger partial charge in [-0.3, -0.25) is 9.59 Å². The molecule has 0 radical (unpaired) electrons. The van der Waals surface area contributed by atoms with Gasteiger partial charge in [0.2, 0.25) is 11.8 Å². The lowest BCUT2D eigenvalue weighted by molar-refractivity contribution is -0.135. The first kappa shape index (κ1) is 13.4. The summed E-state index contributed by atoms with van der Waals surface area (Å²) >= 11 is 0. The van der Waals surface area contributed by atoms with Gasteiger partial charge in [-0.15, -0.1) is 0 Å². The zero-order chi connectivity index (χ0) is 13.0. The minimum Gasteiger partial charge on any atom is -0.352 e. The van der Waals surface area contributed by atoms with Crippen molar-refractivity contribution in [3.8, 4) is 0 Å². The summed E-state index contributed by atoms with van der Waals surface area (Å²) in [6.45, 7) is 2.82. The molecule has 1 aliphatic heterocycles. The van der Waals surface area contributed by atoms with Crippen LogP contribution in [0.3, 0.4) is 0 Å². The van der Waals surface area contributed by atoms with Crippen LogP contribution in [0.25, 0.3) is 0 Å². The van der Waals surface area contributed by atoms with Gasteiger partial charge in [-0.05, 0) is 31.6 Å². The van der Waals surface area contributed by atoms with E-state index in [-0.39, 0.29) is 23.8 Å². The highest BCUT2D eigenvalue weighted by atomic mass is 16.2. The van der Waals surface area contributed by atoms with Crippen LogP contribution >= 0.6 is 0 Å². The molecule has 4 heteroatoms. The summed E-state index contributed by atoms with van der Waals surface area (Å²) in [7, 11) is 0. The van der Waals surface area contributed by atoms with E-state index in [1.165, 1.54) is 32.1 Å². The first-order valence-electron chi connectivity index (χ1n) is 7.28. The molecule has 1 atom stereocenters. The fourth-order valence-corrected chi connectivity index (χ4v) is 2.90. The van der Waals surface area contributed by atoms with Gasteiger partial charge in [0.05, 0.1) is 0 Å². The van der Waals surface area contributed by atoms with Crippen molar-refractivity contribution in [3.63, 3.8) is 0 Å². The van der Waals surface area contributed by atoms with E-state index < -0.39 is 0 Å². The van der Waals surface area contributed by atoms with Crippen molar-refractivity contribution in [2.75, 3.05) is 6.54 Å². The van der Waals surface area contributed by atoms with Gasteiger partial charge in [-0.1, -0.05) is 26.2 Å². The van der Waals surface area contributed by atoms with Crippen LogP contribution < -0.4 is 10.6 Å². The summed E-state index contributed by atoms with van der Waals surface area (Å²) in [6, 6.07) is -0.268. The zero-order valence-electron chi connectivity index (χ0n) is 11.2. The zero-order valence-corrected chi connectivity index (χ0v) is 11.2. The third-order valence-electron chi connectivity index (χ3n) is 4.30. The summed E-state index contributed by atoms with van der Waals surface area (Å²) in [5, 5.41) is 5.49. The lowest BCUT2D eigenvalue weighted by Crippen LogP contribution is -2.62. The number of rotatable bonds is 5. The number of hydrogen-bond donors (Lipinski definition) is 2. The highest BCUT2D eigenvalue weighted by Gasteiger charge is 2.32. The van der Waals surface area contributed by atoms with Crippen LogP contribution in [0, 0.1) is 11.8 Å². The molecule has 1 saturated heterocycles. The summed E-state index contributed by atoms with van der Waals surface area (Å²) < 4.78 is 0. The Morgan fingerprint density at radius 2 is 2.06 bits per heavy atom. The Morgan fingerprint density at radius 1 is 1.33 bits per heavy atom. The maximum Gasteiger partial charge on any atom is 0.244 e. The maximum atomic E-state index is 12.0. The van der Waals surface area contributed by atoms with Crippen molar-refractivity contribution < 1.29 is 9.59 Å². The van der Waals surface area contributed by atoms with Gasteiger partial charge in [-0.2, -0.15) is 0 Å². The van der Waals surface area contributed by atoms with Crippen molar-refractivity contribution in [2.45, 2.75) is 57.9 Å². The summed E-state index contributed by atoms with van der Waals surface area (Å²) in [5.74, 6) is 1.00. The SMILES string of the molecule is CCCCC1CCC(C(=O)NC2CNC2=O)CC1.